The lowest BCUT2D eigenvalue weighted by Gasteiger charge is -2.03. The van der Waals surface area contributed by atoms with Gasteiger partial charge in [-0.2, -0.15) is 0 Å². The topological polar surface area (TPSA) is 55.1 Å². The number of hydrogen-bond acceptors (Lipinski definition) is 5. The third kappa shape index (κ3) is 3.31. The molecule has 0 aliphatic carbocycles. The Morgan fingerprint density at radius 3 is 2.64 bits per heavy atom. The van der Waals surface area contributed by atoms with Crippen LogP contribution in [0.2, 0.25) is 0 Å². The first kappa shape index (κ1) is 15.9. The summed E-state index contributed by atoms with van der Waals surface area (Å²) in [5.74, 6) is 0.594. The van der Waals surface area contributed by atoms with Crippen LogP contribution in [0.25, 0.3) is 21.0 Å². The van der Waals surface area contributed by atoms with Crippen LogP contribution in [0, 0.1) is 0 Å². The maximum atomic E-state index is 12.4. The zero-order chi connectivity index (χ0) is 17.2. The highest BCUT2D eigenvalue weighted by Crippen LogP contribution is 2.31. The first-order chi connectivity index (χ1) is 12.2. The zero-order valence-electron chi connectivity index (χ0n) is 13.4. The SMILES string of the molecule is CSc1ccc(NC(=O)c2ccc(-c3nc4ccccc4s3)o2)cc1. The molecular weight excluding hydrogens is 352 g/mol. The number of nitrogens with zero attached hydrogens (tertiary/aromatic N) is 1. The molecule has 2 heterocycles. The molecule has 4 nitrogen and oxygen atoms in total. The largest absolute Gasteiger partial charge is 0.448 e. The Bertz CT molecular complexity index is 1000. The van der Waals surface area contributed by atoms with E-state index in [4.69, 9.17) is 4.42 Å². The summed E-state index contributed by atoms with van der Waals surface area (Å²) >= 11 is 3.20. The summed E-state index contributed by atoms with van der Waals surface area (Å²) in [5, 5.41) is 3.61. The Labute approximate surface area is 152 Å². The zero-order valence-corrected chi connectivity index (χ0v) is 15.0. The predicted octanol–water partition coefficient (Wildman–Crippen LogP) is 5.53. The summed E-state index contributed by atoms with van der Waals surface area (Å²) < 4.78 is 6.80. The van der Waals surface area contributed by atoms with Crippen LogP contribution in [0.15, 0.2) is 70.0 Å². The number of carbonyl (C=O) groups is 1. The number of thiazole rings is 1. The lowest BCUT2D eigenvalue weighted by Crippen LogP contribution is -2.10. The summed E-state index contributed by atoms with van der Waals surface area (Å²) in [6, 6.07) is 19.1. The minimum atomic E-state index is -0.274. The molecule has 4 rings (SSSR count). The van der Waals surface area contributed by atoms with E-state index < -0.39 is 0 Å². The van der Waals surface area contributed by atoms with E-state index in [1.807, 2.05) is 54.8 Å². The van der Waals surface area contributed by atoms with Crippen molar-refractivity contribution in [3.8, 4) is 10.8 Å². The smallest absolute Gasteiger partial charge is 0.291 e. The average Bonchev–Trinajstić information content (AvgIpc) is 3.29. The molecule has 25 heavy (non-hydrogen) atoms. The summed E-state index contributed by atoms with van der Waals surface area (Å²) in [7, 11) is 0. The van der Waals surface area contributed by atoms with Crippen LogP contribution in [-0.4, -0.2) is 17.1 Å². The quantitative estimate of drug-likeness (QED) is 0.482. The molecule has 6 heteroatoms. The van der Waals surface area contributed by atoms with Crippen LogP contribution < -0.4 is 5.32 Å². The molecule has 0 fully saturated rings. The number of furan rings is 1. The third-order valence-corrected chi connectivity index (χ3v) is 5.48. The average molecular weight is 366 g/mol. The highest BCUT2D eigenvalue weighted by molar-refractivity contribution is 7.98. The number of para-hydroxylation sites is 1. The van der Waals surface area contributed by atoms with Crippen LogP contribution in [0.3, 0.4) is 0 Å². The molecule has 0 saturated heterocycles. The number of aromatic nitrogens is 1. The number of anilines is 1. The summed E-state index contributed by atoms with van der Waals surface area (Å²) in [5.41, 5.74) is 1.67. The van der Waals surface area contributed by atoms with Gasteiger partial charge in [0.25, 0.3) is 5.91 Å². The summed E-state index contributed by atoms with van der Waals surface area (Å²) in [6.07, 6.45) is 2.01. The van der Waals surface area contributed by atoms with Gasteiger partial charge in [-0.15, -0.1) is 23.1 Å². The minimum Gasteiger partial charge on any atom is -0.448 e. The van der Waals surface area contributed by atoms with Gasteiger partial charge in [0, 0.05) is 10.6 Å². The van der Waals surface area contributed by atoms with Crippen LogP contribution in [0.1, 0.15) is 10.6 Å². The molecule has 1 N–H and O–H groups in total. The van der Waals surface area contributed by atoms with Gasteiger partial charge in [0.1, 0.15) is 0 Å². The summed E-state index contributed by atoms with van der Waals surface area (Å²) in [6.45, 7) is 0. The number of carbonyl (C=O) groups excluding carboxylic acids is 1. The van der Waals surface area contributed by atoms with Crippen molar-refractivity contribution >= 4 is 44.9 Å². The number of thioether (sulfide) groups is 1. The van der Waals surface area contributed by atoms with Crippen molar-refractivity contribution in [1.82, 2.24) is 4.98 Å². The Kier molecular flexibility index (Phi) is 4.29. The number of fused-ring (bicyclic) bond motifs is 1. The molecule has 0 unspecified atom stereocenters. The third-order valence-electron chi connectivity index (χ3n) is 3.68. The molecular formula is C19H14N2O2S2. The van der Waals surface area contributed by atoms with Crippen molar-refractivity contribution in [1.29, 1.82) is 0 Å². The van der Waals surface area contributed by atoms with Gasteiger partial charge < -0.3 is 9.73 Å². The van der Waals surface area contributed by atoms with Crippen LogP contribution >= 0.6 is 23.1 Å². The molecule has 0 aliphatic rings. The van der Waals surface area contributed by atoms with Gasteiger partial charge in [0.05, 0.1) is 10.2 Å². The van der Waals surface area contributed by atoms with Crippen molar-refractivity contribution in [3.63, 3.8) is 0 Å². The van der Waals surface area contributed by atoms with Crippen LogP contribution in [0.4, 0.5) is 5.69 Å². The molecule has 2 aromatic carbocycles. The molecule has 0 saturated carbocycles. The molecule has 124 valence electrons. The maximum absolute atomic E-state index is 12.4. The standard InChI is InChI=1S/C19H14N2O2S2/c1-24-13-8-6-12(7-9-13)20-18(22)15-10-11-16(23-15)19-21-14-4-2-3-5-17(14)25-19/h2-11H,1H3,(H,20,22). The normalized spacial score (nSPS) is 10.9. The van der Waals surface area contributed by atoms with Crippen molar-refractivity contribution in [2.24, 2.45) is 0 Å². The fourth-order valence-electron chi connectivity index (χ4n) is 2.42. The highest BCUT2D eigenvalue weighted by Gasteiger charge is 2.15. The second kappa shape index (κ2) is 6.74. The summed E-state index contributed by atoms with van der Waals surface area (Å²) in [4.78, 5) is 18.1. The predicted molar refractivity (Wildman–Crippen MR) is 103 cm³/mol. The monoisotopic (exact) mass is 366 g/mol. The Morgan fingerprint density at radius 2 is 1.88 bits per heavy atom. The first-order valence-electron chi connectivity index (χ1n) is 7.64. The minimum absolute atomic E-state index is 0.267. The number of benzene rings is 2. The van der Waals surface area contributed by atoms with Gasteiger partial charge in [-0.25, -0.2) is 4.98 Å². The van der Waals surface area contributed by atoms with Gasteiger partial charge in [0.15, 0.2) is 16.5 Å². The van der Waals surface area contributed by atoms with Crippen LogP contribution in [-0.2, 0) is 0 Å². The molecule has 0 radical (unpaired) electrons. The second-order valence-electron chi connectivity index (χ2n) is 5.33. The Hall–Kier alpha value is -2.57. The van der Waals surface area contributed by atoms with E-state index in [9.17, 15) is 4.79 Å². The van der Waals surface area contributed by atoms with Crippen molar-refractivity contribution < 1.29 is 9.21 Å². The van der Waals surface area contributed by atoms with E-state index in [2.05, 4.69) is 10.3 Å². The van der Waals surface area contributed by atoms with E-state index in [0.717, 1.165) is 25.8 Å². The van der Waals surface area contributed by atoms with Gasteiger partial charge in [-0.1, -0.05) is 12.1 Å². The molecule has 0 spiro atoms. The fraction of sp³-hybridized carbons (Fsp3) is 0.0526. The first-order valence-corrected chi connectivity index (χ1v) is 9.68. The molecule has 0 aliphatic heterocycles. The Balaban J connectivity index is 1.54. The number of amides is 1. The number of nitrogens with one attached hydrogen (secondary N) is 1. The van der Waals surface area contributed by atoms with E-state index in [-0.39, 0.29) is 11.7 Å². The maximum Gasteiger partial charge on any atom is 0.291 e. The highest BCUT2D eigenvalue weighted by atomic mass is 32.2. The van der Waals surface area contributed by atoms with E-state index in [1.165, 1.54) is 0 Å². The van der Waals surface area contributed by atoms with E-state index >= 15 is 0 Å². The second-order valence-corrected chi connectivity index (χ2v) is 7.24. The van der Waals surface area contributed by atoms with Crippen molar-refractivity contribution in [2.45, 2.75) is 4.90 Å². The molecule has 1 amide bonds. The molecule has 4 aromatic rings. The van der Waals surface area contributed by atoms with Gasteiger partial charge in [0.2, 0.25) is 0 Å². The molecule has 2 aromatic heterocycles. The lowest BCUT2D eigenvalue weighted by molar-refractivity contribution is 0.0997. The van der Waals surface area contributed by atoms with Crippen molar-refractivity contribution in [2.75, 3.05) is 11.6 Å². The van der Waals surface area contributed by atoms with E-state index in [0.29, 0.717) is 5.76 Å². The van der Waals surface area contributed by atoms with Crippen molar-refractivity contribution in [3.05, 3.63) is 66.4 Å². The lowest BCUT2D eigenvalue weighted by atomic mass is 10.3. The van der Waals surface area contributed by atoms with Gasteiger partial charge in [-0.05, 0) is 54.8 Å². The number of rotatable bonds is 4. The van der Waals surface area contributed by atoms with Gasteiger partial charge >= 0.3 is 0 Å². The van der Waals surface area contributed by atoms with Crippen LogP contribution in [0.5, 0.6) is 0 Å². The fourth-order valence-corrected chi connectivity index (χ4v) is 3.76. The molecule has 0 atom stereocenters. The van der Waals surface area contributed by atoms with E-state index in [1.54, 1.807) is 35.2 Å². The Morgan fingerprint density at radius 1 is 1.08 bits per heavy atom. The molecule has 0 bridgehead atoms. The van der Waals surface area contributed by atoms with Gasteiger partial charge in [-0.3, -0.25) is 4.79 Å². The number of hydrogen-bond donors (Lipinski definition) is 1.